The zero-order valence-electron chi connectivity index (χ0n) is 7.23. The van der Waals surface area contributed by atoms with E-state index in [1.165, 1.54) is 4.90 Å². The van der Waals surface area contributed by atoms with Crippen LogP contribution < -0.4 is 10.2 Å². The van der Waals surface area contributed by atoms with Gasteiger partial charge in [-0.1, -0.05) is 18.2 Å². The van der Waals surface area contributed by atoms with Crippen molar-refractivity contribution in [2.45, 2.75) is 0 Å². The lowest BCUT2D eigenvalue weighted by Crippen LogP contribution is -2.36. The van der Waals surface area contributed by atoms with Gasteiger partial charge in [-0.05, 0) is 12.1 Å². The number of nitrogens with one attached hydrogen (secondary N) is 1. The Morgan fingerprint density at radius 3 is 2.54 bits per heavy atom. The summed E-state index contributed by atoms with van der Waals surface area (Å²) in [6, 6.07) is 8.62. The van der Waals surface area contributed by atoms with E-state index in [2.05, 4.69) is 5.32 Å². The van der Waals surface area contributed by atoms with Crippen LogP contribution in [0.1, 0.15) is 0 Å². The van der Waals surface area contributed by atoms with Crippen molar-refractivity contribution in [3.63, 3.8) is 0 Å². The fourth-order valence-electron chi connectivity index (χ4n) is 0.916. The Bertz CT molecular complexity index is 298. The van der Waals surface area contributed by atoms with Gasteiger partial charge in [-0.15, -0.1) is 0 Å². The zero-order chi connectivity index (χ0) is 9.68. The lowest BCUT2D eigenvalue weighted by molar-refractivity contribution is -0.108. The number of urea groups is 1. The quantitative estimate of drug-likeness (QED) is 0.686. The van der Waals surface area contributed by atoms with Crippen molar-refractivity contribution >= 4 is 18.1 Å². The summed E-state index contributed by atoms with van der Waals surface area (Å²) in [6.45, 7) is 0. The molecule has 1 aromatic rings. The molecule has 0 unspecified atom stereocenters. The molecular formula is C9H10N2O2. The van der Waals surface area contributed by atoms with E-state index in [-0.39, 0.29) is 0 Å². The van der Waals surface area contributed by atoms with Gasteiger partial charge >= 0.3 is 6.03 Å². The monoisotopic (exact) mass is 178 g/mol. The van der Waals surface area contributed by atoms with Crippen molar-refractivity contribution in [1.82, 2.24) is 5.32 Å². The number of nitrogens with zero attached hydrogens (tertiary/aromatic N) is 1. The number of carbonyl (C=O) groups excluding carboxylic acids is 2. The number of para-hydroxylation sites is 1. The minimum Gasteiger partial charge on any atom is -0.297 e. The average Bonchev–Trinajstić information content (AvgIpc) is 2.18. The Hall–Kier alpha value is -1.84. The number of carbonyl (C=O) groups is 2. The Labute approximate surface area is 76.2 Å². The highest BCUT2D eigenvalue weighted by atomic mass is 16.2. The van der Waals surface area contributed by atoms with E-state index >= 15 is 0 Å². The van der Waals surface area contributed by atoms with Crippen LogP contribution in [0.2, 0.25) is 0 Å². The number of hydrogen-bond donors (Lipinski definition) is 1. The van der Waals surface area contributed by atoms with Crippen molar-refractivity contribution < 1.29 is 9.59 Å². The van der Waals surface area contributed by atoms with Gasteiger partial charge in [-0.2, -0.15) is 0 Å². The normalized spacial score (nSPS) is 9.00. The zero-order valence-corrected chi connectivity index (χ0v) is 7.23. The topological polar surface area (TPSA) is 49.4 Å². The maximum atomic E-state index is 11.1. The predicted octanol–water partition coefficient (Wildman–Crippen LogP) is 0.989. The van der Waals surface area contributed by atoms with Gasteiger partial charge in [0.2, 0.25) is 6.41 Å². The maximum Gasteiger partial charge on any atom is 0.328 e. The fourth-order valence-corrected chi connectivity index (χ4v) is 0.916. The molecule has 0 aliphatic carbocycles. The lowest BCUT2D eigenvalue weighted by Gasteiger charge is -2.15. The molecule has 1 N–H and O–H groups in total. The molecule has 0 bridgehead atoms. The number of imide groups is 1. The molecule has 68 valence electrons. The first-order chi connectivity index (χ1) is 6.25. The molecule has 13 heavy (non-hydrogen) atoms. The van der Waals surface area contributed by atoms with Gasteiger partial charge in [0.15, 0.2) is 0 Å². The smallest absolute Gasteiger partial charge is 0.297 e. The van der Waals surface area contributed by atoms with Gasteiger partial charge in [-0.25, -0.2) is 4.79 Å². The summed E-state index contributed by atoms with van der Waals surface area (Å²) < 4.78 is 0. The van der Waals surface area contributed by atoms with E-state index in [4.69, 9.17) is 0 Å². The standard InChI is InChI=1S/C9H10N2O2/c1-11(9(13)10-7-12)8-5-3-2-4-6-8/h2-7H,1H3,(H,10,12,13). The Morgan fingerprint density at radius 2 is 2.00 bits per heavy atom. The summed E-state index contributed by atoms with van der Waals surface area (Å²) in [7, 11) is 1.59. The van der Waals surface area contributed by atoms with E-state index in [9.17, 15) is 9.59 Å². The molecule has 0 fully saturated rings. The largest absolute Gasteiger partial charge is 0.328 e. The molecular weight excluding hydrogens is 168 g/mol. The third-order valence-electron chi connectivity index (χ3n) is 1.63. The van der Waals surface area contributed by atoms with Crippen molar-refractivity contribution in [3.8, 4) is 0 Å². The summed E-state index contributed by atoms with van der Waals surface area (Å²) >= 11 is 0. The SMILES string of the molecule is CN(C(=O)NC=O)c1ccccc1. The highest BCUT2D eigenvalue weighted by Gasteiger charge is 2.07. The molecule has 0 radical (unpaired) electrons. The Kier molecular flexibility index (Phi) is 3.03. The fraction of sp³-hybridized carbons (Fsp3) is 0.111. The second-order valence-corrected chi connectivity index (χ2v) is 2.46. The van der Waals surface area contributed by atoms with E-state index in [0.717, 1.165) is 5.69 Å². The number of rotatable bonds is 2. The van der Waals surface area contributed by atoms with Crippen LogP contribution in [-0.4, -0.2) is 19.5 Å². The number of hydrogen-bond acceptors (Lipinski definition) is 2. The Balaban J connectivity index is 2.73. The van der Waals surface area contributed by atoms with Crippen LogP contribution in [0, 0.1) is 0 Å². The number of benzene rings is 1. The van der Waals surface area contributed by atoms with Crippen LogP contribution in [0.4, 0.5) is 10.5 Å². The molecule has 1 rings (SSSR count). The minimum absolute atomic E-state index is 0.363. The molecule has 0 heterocycles. The third-order valence-corrected chi connectivity index (χ3v) is 1.63. The van der Waals surface area contributed by atoms with Gasteiger partial charge in [-0.3, -0.25) is 15.0 Å². The molecule has 0 aliphatic rings. The van der Waals surface area contributed by atoms with Crippen molar-refractivity contribution in [2.24, 2.45) is 0 Å². The summed E-state index contributed by atoms with van der Waals surface area (Å²) in [5.41, 5.74) is 0.738. The first-order valence-corrected chi connectivity index (χ1v) is 3.78. The molecule has 0 saturated heterocycles. The first-order valence-electron chi connectivity index (χ1n) is 3.78. The molecule has 0 atom stereocenters. The predicted molar refractivity (Wildman–Crippen MR) is 49.4 cm³/mol. The summed E-state index contributed by atoms with van der Waals surface area (Å²) in [6.07, 6.45) is 0.363. The van der Waals surface area contributed by atoms with Crippen molar-refractivity contribution in [3.05, 3.63) is 30.3 Å². The molecule has 0 spiro atoms. The van der Waals surface area contributed by atoms with Crippen molar-refractivity contribution in [1.29, 1.82) is 0 Å². The third kappa shape index (κ3) is 2.30. The second-order valence-electron chi connectivity index (χ2n) is 2.46. The van der Waals surface area contributed by atoms with E-state index < -0.39 is 6.03 Å². The van der Waals surface area contributed by atoms with Gasteiger partial charge in [0.1, 0.15) is 0 Å². The highest BCUT2D eigenvalue weighted by Crippen LogP contribution is 2.10. The summed E-state index contributed by atoms with van der Waals surface area (Å²) in [5.74, 6) is 0. The molecule has 4 nitrogen and oxygen atoms in total. The van der Waals surface area contributed by atoms with Crippen LogP contribution >= 0.6 is 0 Å². The van der Waals surface area contributed by atoms with Gasteiger partial charge < -0.3 is 0 Å². The molecule has 0 aromatic heterocycles. The van der Waals surface area contributed by atoms with Crippen LogP contribution in [0.25, 0.3) is 0 Å². The maximum absolute atomic E-state index is 11.1. The minimum atomic E-state index is -0.443. The van der Waals surface area contributed by atoms with Gasteiger partial charge in [0.05, 0.1) is 0 Å². The lowest BCUT2D eigenvalue weighted by atomic mass is 10.3. The number of anilines is 1. The molecule has 4 heteroatoms. The molecule has 0 aliphatic heterocycles. The van der Waals surface area contributed by atoms with E-state index in [1.54, 1.807) is 19.2 Å². The summed E-state index contributed by atoms with van der Waals surface area (Å²) in [4.78, 5) is 22.5. The van der Waals surface area contributed by atoms with Gasteiger partial charge in [0, 0.05) is 12.7 Å². The van der Waals surface area contributed by atoms with Crippen LogP contribution in [-0.2, 0) is 4.79 Å². The van der Waals surface area contributed by atoms with E-state index in [1.807, 2.05) is 18.2 Å². The highest BCUT2D eigenvalue weighted by molar-refractivity contribution is 5.96. The van der Waals surface area contributed by atoms with Crippen LogP contribution in [0.15, 0.2) is 30.3 Å². The van der Waals surface area contributed by atoms with Crippen LogP contribution in [0.3, 0.4) is 0 Å². The van der Waals surface area contributed by atoms with Crippen LogP contribution in [0.5, 0.6) is 0 Å². The second kappa shape index (κ2) is 4.25. The molecule has 3 amide bonds. The summed E-state index contributed by atoms with van der Waals surface area (Å²) in [5, 5.41) is 2.05. The van der Waals surface area contributed by atoms with Crippen molar-refractivity contribution in [2.75, 3.05) is 11.9 Å². The average molecular weight is 178 g/mol. The molecule has 1 aromatic carbocycles. The number of amides is 3. The van der Waals surface area contributed by atoms with Gasteiger partial charge in [0.25, 0.3) is 0 Å². The Morgan fingerprint density at radius 1 is 1.38 bits per heavy atom. The first kappa shape index (κ1) is 9.25. The van der Waals surface area contributed by atoms with E-state index in [0.29, 0.717) is 6.41 Å². The molecule has 0 saturated carbocycles.